The number of ketones is 1. The van der Waals surface area contributed by atoms with Crippen molar-refractivity contribution in [1.82, 2.24) is 4.98 Å². The van der Waals surface area contributed by atoms with Gasteiger partial charge < -0.3 is 0 Å². The van der Waals surface area contributed by atoms with Crippen molar-refractivity contribution in [2.24, 2.45) is 5.41 Å². The van der Waals surface area contributed by atoms with Crippen molar-refractivity contribution in [1.29, 1.82) is 0 Å². The summed E-state index contributed by atoms with van der Waals surface area (Å²) in [5.74, 6) is 0.768. The van der Waals surface area contributed by atoms with Gasteiger partial charge >= 0.3 is 0 Å². The van der Waals surface area contributed by atoms with Crippen molar-refractivity contribution >= 4 is 5.78 Å². The molecule has 1 fully saturated rings. The van der Waals surface area contributed by atoms with Crippen molar-refractivity contribution in [2.75, 3.05) is 0 Å². The number of carbonyl (C=O) groups is 1. The maximum absolute atomic E-state index is 11.8. The van der Waals surface area contributed by atoms with Gasteiger partial charge in [0.1, 0.15) is 5.78 Å². The van der Waals surface area contributed by atoms with Gasteiger partial charge in [-0.05, 0) is 25.0 Å². The Balaban J connectivity index is 2.29. The Labute approximate surface area is 90.7 Å². The van der Waals surface area contributed by atoms with Gasteiger partial charge in [0.25, 0.3) is 0 Å². The molecule has 1 aromatic rings. The molecule has 1 unspecified atom stereocenters. The molecule has 1 aliphatic rings. The molecule has 1 aliphatic carbocycles. The maximum Gasteiger partial charge on any atom is 0.140 e. The van der Waals surface area contributed by atoms with Crippen LogP contribution in [0.1, 0.15) is 44.7 Å². The van der Waals surface area contributed by atoms with Gasteiger partial charge in [0, 0.05) is 29.6 Å². The molecule has 0 N–H and O–H groups in total. The highest BCUT2D eigenvalue weighted by Crippen LogP contribution is 2.53. The average molecular weight is 203 g/mol. The third-order valence-corrected chi connectivity index (χ3v) is 3.92. The molecule has 0 aliphatic heterocycles. The molecular formula is C13H17NO. The van der Waals surface area contributed by atoms with E-state index >= 15 is 0 Å². The first-order chi connectivity index (χ1) is 7.24. The van der Waals surface area contributed by atoms with E-state index in [0.29, 0.717) is 18.1 Å². The Bertz CT molecular complexity index is 354. The highest BCUT2D eigenvalue weighted by molar-refractivity contribution is 5.93. The molecule has 1 atom stereocenters. The van der Waals surface area contributed by atoms with E-state index in [1.807, 2.05) is 24.4 Å². The largest absolute Gasteiger partial charge is 0.299 e. The molecule has 2 heteroatoms. The van der Waals surface area contributed by atoms with Crippen LogP contribution in [0.3, 0.4) is 0 Å². The Morgan fingerprint density at radius 1 is 1.40 bits per heavy atom. The Morgan fingerprint density at radius 3 is 2.60 bits per heavy atom. The molecule has 2 nitrogen and oxygen atoms in total. The van der Waals surface area contributed by atoms with Crippen molar-refractivity contribution in [3.05, 3.63) is 30.1 Å². The van der Waals surface area contributed by atoms with Crippen LogP contribution in [0.5, 0.6) is 0 Å². The third kappa shape index (κ3) is 1.39. The minimum Gasteiger partial charge on any atom is -0.299 e. The number of rotatable bonds is 3. The standard InChI is InChI=1S/C13H17NO/c1-3-13(4-2)10(9-12(13)15)11-7-5-6-8-14-11/h5-8,10H,3-4,9H2,1-2H3. The molecule has 2 rings (SSSR count). The minimum absolute atomic E-state index is 0.117. The van der Waals surface area contributed by atoms with Crippen LogP contribution in [0.15, 0.2) is 24.4 Å². The first kappa shape index (κ1) is 10.3. The predicted molar refractivity (Wildman–Crippen MR) is 59.6 cm³/mol. The summed E-state index contributed by atoms with van der Waals surface area (Å²) in [5.41, 5.74) is 0.967. The number of hydrogen-bond donors (Lipinski definition) is 0. The summed E-state index contributed by atoms with van der Waals surface area (Å²) >= 11 is 0. The van der Waals surface area contributed by atoms with Crippen molar-refractivity contribution in [2.45, 2.75) is 39.0 Å². The third-order valence-electron chi connectivity index (χ3n) is 3.92. The van der Waals surface area contributed by atoms with Crippen LogP contribution in [-0.4, -0.2) is 10.8 Å². The lowest BCUT2D eigenvalue weighted by Gasteiger charge is -2.46. The normalized spacial score (nSPS) is 23.6. The molecule has 0 saturated heterocycles. The van der Waals surface area contributed by atoms with E-state index in [0.717, 1.165) is 18.5 Å². The van der Waals surface area contributed by atoms with Crippen LogP contribution >= 0.6 is 0 Å². The molecule has 0 bridgehead atoms. The van der Waals surface area contributed by atoms with Gasteiger partial charge in [0.05, 0.1) is 0 Å². The second-order valence-electron chi connectivity index (χ2n) is 4.30. The van der Waals surface area contributed by atoms with Crippen LogP contribution in [0.25, 0.3) is 0 Å². The molecule has 15 heavy (non-hydrogen) atoms. The summed E-state index contributed by atoms with van der Waals surface area (Å²) < 4.78 is 0. The van der Waals surface area contributed by atoms with E-state index in [1.165, 1.54) is 0 Å². The number of hydrogen-bond acceptors (Lipinski definition) is 2. The van der Waals surface area contributed by atoms with E-state index in [2.05, 4.69) is 18.8 Å². The average Bonchev–Trinajstić information content (AvgIpc) is 2.29. The zero-order valence-corrected chi connectivity index (χ0v) is 9.36. The molecule has 1 saturated carbocycles. The lowest BCUT2D eigenvalue weighted by atomic mass is 9.55. The SMILES string of the molecule is CCC1(CC)C(=O)CC1c1ccccn1. The molecule has 0 aromatic carbocycles. The van der Waals surface area contributed by atoms with E-state index in [-0.39, 0.29) is 5.41 Å². The number of pyridine rings is 1. The molecule has 0 radical (unpaired) electrons. The van der Waals surface area contributed by atoms with Crippen molar-refractivity contribution in [3.8, 4) is 0 Å². The lowest BCUT2D eigenvalue weighted by Crippen LogP contribution is -2.47. The fourth-order valence-corrected chi connectivity index (χ4v) is 2.75. The smallest absolute Gasteiger partial charge is 0.140 e. The van der Waals surface area contributed by atoms with Crippen LogP contribution in [0, 0.1) is 5.41 Å². The molecule has 1 heterocycles. The molecule has 0 spiro atoms. The van der Waals surface area contributed by atoms with Crippen LogP contribution in [0.4, 0.5) is 0 Å². The van der Waals surface area contributed by atoms with Crippen molar-refractivity contribution in [3.63, 3.8) is 0 Å². The molecular weight excluding hydrogens is 186 g/mol. The van der Waals surface area contributed by atoms with E-state index < -0.39 is 0 Å². The lowest BCUT2D eigenvalue weighted by molar-refractivity contribution is -0.141. The monoisotopic (exact) mass is 203 g/mol. The predicted octanol–water partition coefficient (Wildman–Crippen LogP) is 2.94. The van der Waals surface area contributed by atoms with E-state index in [1.54, 1.807) is 0 Å². The summed E-state index contributed by atoms with van der Waals surface area (Å²) in [6.07, 6.45) is 4.36. The first-order valence-corrected chi connectivity index (χ1v) is 5.69. The molecule has 80 valence electrons. The second-order valence-corrected chi connectivity index (χ2v) is 4.30. The fraction of sp³-hybridized carbons (Fsp3) is 0.538. The van der Waals surface area contributed by atoms with Gasteiger partial charge in [-0.3, -0.25) is 9.78 Å². The summed E-state index contributed by atoms with van der Waals surface area (Å²) in [6, 6.07) is 5.96. The fourth-order valence-electron chi connectivity index (χ4n) is 2.75. The summed E-state index contributed by atoms with van der Waals surface area (Å²) in [4.78, 5) is 16.1. The molecule has 0 amide bonds. The second kappa shape index (κ2) is 3.76. The van der Waals surface area contributed by atoms with Crippen LogP contribution in [0.2, 0.25) is 0 Å². The van der Waals surface area contributed by atoms with Gasteiger partial charge in [0.2, 0.25) is 0 Å². The van der Waals surface area contributed by atoms with Crippen LogP contribution < -0.4 is 0 Å². The van der Waals surface area contributed by atoms with Gasteiger partial charge in [0.15, 0.2) is 0 Å². The summed E-state index contributed by atoms with van der Waals surface area (Å²) in [7, 11) is 0. The summed E-state index contributed by atoms with van der Waals surface area (Å²) in [5, 5.41) is 0. The van der Waals surface area contributed by atoms with E-state index in [9.17, 15) is 4.79 Å². The zero-order chi connectivity index (χ0) is 10.9. The highest BCUT2D eigenvalue weighted by Gasteiger charge is 2.52. The number of Topliss-reactive ketones (excluding diaryl/α,β-unsaturated/α-hetero) is 1. The zero-order valence-electron chi connectivity index (χ0n) is 9.36. The van der Waals surface area contributed by atoms with Crippen LogP contribution in [-0.2, 0) is 4.79 Å². The first-order valence-electron chi connectivity index (χ1n) is 5.69. The Kier molecular flexibility index (Phi) is 2.59. The van der Waals surface area contributed by atoms with Crippen molar-refractivity contribution < 1.29 is 4.79 Å². The molecule has 1 aromatic heterocycles. The van der Waals surface area contributed by atoms with Gasteiger partial charge in [-0.2, -0.15) is 0 Å². The maximum atomic E-state index is 11.8. The minimum atomic E-state index is -0.117. The Hall–Kier alpha value is -1.18. The number of aromatic nitrogens is 1. The van der Waals surface area contributed by atoms with Gasteiger partial charge in [-0.1, -0.05) is 19.9 Å². The van der Waals surface area contributed by atoms with E-state index in [4.69, 9.17) is 0 Å². The number of carbonyl (C=O) groups excluding carboxylic acids is 1. The van der Waals surface area contributed by atoms with Gasteiger partial charge in [-0.25, -0.2) is 0 Å². The highest BCUT2D eigenvalue weighted by atomic mass is 16.1. The Morgan fingerprint density at radius 2 is 2.13 bits per heavy atom. The topological polar surface area (TPSA) is 30.0 Å². The van der Waals surface area contributed by atoms with Gasteiger partial charge in [-0.15, -0.1) is 0 Å². The quantitative estimate of drug-likeness (QED) is 0.756. The summed E-state index contributed by atoms with van der Waals surface area (Å²) in [6.45, 7) is 4.22. The number of nitrogens with zero attached hydrogens (tertiary/aromatic N) is 1.